The number of nitrogens with zero attached hydrogens (tertiary/aromatic N) is 3. The lowest BCUT2D eigenvalue weighted by Crippen LogP contribution is -2.56. The van der Waals surface area contributed by atoms with Gasteiger partial charge in [0, 0.05) is 44.3 Å². The van der Waals surface area contributed by atoms with Crippen molar-refractivity contribution in [3.05, 3.63) is 0 Å². The Labute approximate surface area is 172 Å². The van der Waals surface area contributed by atoms with Crippen molar-refractivity contribution in [1.82, 2.24) is 20.4 Å². The van der Waals surface area contributed by atoms with Crippen molar-refractivity contribution >= 4 is 29.9 Å². The number of halogens is 1. The van der Waals surface area contributed by atoms with Crippen LogP contribution in [-0.2, 0) is 0 Å². The summed E-state index contributed by atoms with van der Waals surface area (Å²) in [7, 11) is 1.88. The van der Waals surface area contributed by atoms with Gasteiger partial charge < -0.3 is 15.5 Å². The Kier molecular flexibility index (Phi) is 10.0. The van der Waals surface area contributed by atoms with Crippen molar-refractivity contribution in [3.63, 3.8) is 0 Å². The summed E-state index contributed by atoms with van der Waals surface area (Å²) >= 11 is 0. The standard InChI is InChI=1S/C19H39N5.HI/c1-16(2)23-13-9-17(10-14-23)22-18(20-5)21-15-19(3,4)24-11-7-6-8-12-24;/h16-17H,6-15H2,1-5H3,(H2,20,21,22);1H. The van der Waals surface area contributed by atoms with E-state index in [0.717, 1.165) is 12.5 Å². The molecule has 0 bridgehead atoms. The van der Waals surface area contributed by atoms with Crippen LogP contribution in [0.15, 0.2) is 4.99 Å². The number of aliphatic imine (C=N–C) groups is 1. The second-order valence-corrected chi connectivity index (χ2v) is 8.33. The van der Waals surface area contributed by atoms with E-state index in [2.05, 4.69) is 53.1 Å². The molecule has 2 rings (SSSR count). The van der Waals surface area contributed by atoms with Crippen LogP contribution in [0.25, 0.3) is 0 Å². The molecule has 6 heteroatoms. The van der Waals surface area contributed by atoms with Crippen LogP contribution in [0.1, 0.15) is 59.8 Å². The zero-order chi connectivity index (χ0) is 17.6. The van der Waals surface area contributed by atoms with E-state index in [0.29, 0.717) is 12.1 Å². The number of rotatable bonds is 5. The molecule has 2 fully saturated rings. The fraction of sp³-hybridized carbons (Fsp3) is 0.947. The number of guanidine groups is 1. The van der Waals surface area contributed by atoms with E-state index in [1.807, 2.05) is 7.05 Å². The van der Waals surface area contributed by atoms with Gasteiger partial charge in [0.25, 0.3) is 0 Å². The highest BCUT2D eigenvalue weighted by Gasteiger charge is 2.28. The fourth-order valence-electron chi connectivity index (χ4n) is 3.86. The third-order valence-corrected chi connectivity index (χ3v) is 5.72. The van der Waals surface area contributed by atoms with Gasteiger partial charge in [-0.25, -0.2) is 0 Å². The number of nitrogens with one attached hydrogen (secondary N) is 2. The number of piperidine rings is 2. The first kappa shape index (κ1) is 23.0. The van der Waals surface area contributed by atoms with E-state index in [9.17, 15) is 0 Å². The molecule has 0 aromatic rings. The zero-order valence-corrected chi connectivity index (χ0v) is 19.3. The van der Waals surface area contributed by atoms with E-state index in [-0.39, 0.29) is 29.5 Å². The normalized spacial score (nSPS) is 21.9. The van der Waals surface area contributed by atoms with Gasteiger partial charge in [-0.2, -0.15) is 0 Å². The quantitative estimate of drug-likeness (QED) is 0.372. The van der Waals surface area contributed by atoms with E-state index >= 15 is 0 Å². The lowest BCUT2D eigenvalue weighted by Gasteiger charge is -2.41. The Bertz CT molecular complexity index is 397. The maximum Gasteiger partial charge on any atom is 0.191 e. The van der Waals surface area contributed by atoms with Crippen molar-refractivity contribution in [2.75, 3.05) is 39.8 Å². The molecule has 2 heterocycles. The molecule has 0 radical (unpaired) electrons. The molecule has 0 unspecified atom stereocenters. The van der Waals surface area contributed by atoms with Crippen LogP contribution in [0.4, 0.5) is 0 Å². The van der Waals surface area contributed by atoms with Crippen LogP contribution in [0, 0.1) is 0 Å². The summed E-state index contributed by atoms with van der Waals surface area (Å²) < 4.78 is 0. The van der Waals surface area contributed by atoms with Gasteiger partial charge in [-0.15, -0.1) is 24.0 Å². The van der Waals surface area contributed by atoms with Crippen molar-refractivity contribution in [3.8, 4) is 0 Å². The highest BCUT2D eigenvalue weighted by atomic mass is 127. The molecule has 0 saturated carbocycles. The molecule has 2 N–H and O–H groups in total. The fourth-order valence-corrected chi connectivity index (χ4v) is 3.86. The maximum absolute atomic E-state index is 4.45. The average molecular weight is 465 g/mol. The van der Waals surface area contributed by atoms with E-state index in [1.54, 1.807) is 0 Å². The van der Waals surface area contributed by atoms with Gasteiger partial charge in [0.15, 0.2) is 5.96 Å². The minimum absolute atomic E-state index is 0. The van der Waals surface area contributed by atoms with Crippen LogP contribution in [-0.4, -0.2) is 73.2 Å². The maximum atomic E-state index is 4.45. The van der Waals surface area contributed by atoms with Crippen molar-refractivity contribution in [1.29, 1.82) is 0 Å². The van der Waals surface area contributed by atoms with Crippen LogP contribution in [0.5, 0.6) is 0 Å². The monoisotopic (exact) mass is 465 g/mol. The molecule has 0 atom stereocenters. The summed E-state index contributed by atoms with van der Waals surface area (Å²) in [6, 6.07) is 1.21. The number of hydrogen-bond acceptors (Lipinski definition) is 3. The summed E-state index contributed by atoms with van der Waals surface area (Å²) in [4.78, 5) is 9.63. The molecular formula is C19H40IN5. The summed E-state index contributed by atoms with van der Waals surface area (Å²) in [5, 5.41) is 7.21. The first-order valence-corrected chi connectivity index (χ1v) is 9.88. The molecule has 0 spiro atoms. The molecule has 5 nitrogen and oxygen atoms in total. The van der Waals surface area contributed by atoms with Gasteiger partial charge in [0.1, 0.15) is 0 Å². The topological polar surface area (TPSA) is 42.9 Å². The van der Waals surface area contributed by atoms with E-state index in [1.165, 1.54) is 58.3 Å². The lowest BCUT2D eigenvalue weighted by atomic mass is 9.98. The van der Waals surface area contributed by atoms with E-state index in [4.69, 9.17) is 0 Å². The average Bonchev–Trinajstić information content (AvgIpc) is 2.59. The molecular weight excluding hydrogens is 425 g/mol. The van der Waals surface area contributed by atoms with Crippen LogP contribution < -0.4 is 10.6 Å². The predicted molar refractivity (Wildman–Crippen MR) is 119 cm³/mol. The van der Waals surface area contributed by atoms with Crippen LogP contribution in [0.2, 0.25) is 0 Å². The summed E-state index contributed by atoms with van der Waals surface area (Å²) in [6.07, 6.45) is 6.47. The second-order valence-electron chi connectivity index (χ2n) is 8.33. The van der Waals surface area contributed by atoms with E-state index < -0.39 is 0 Å². The van der Waals surface area contributed by atoms with Gasteiger partial charge in [-0.3, -0.25) is 9.89 Å². The SMILES string of the molecule is CN=C(NCC(C)(C)N1CCCCC1)NC1CCN(C(C)C)CC1.I. The summed E-state index contributed by atoms with van der Waals surface area (Å²) in [5.74, 6) is 0.961. The van der Waals surface area contributed by atoms with Crippen LogP contribution in [0.3, 0.4) is 0 Å². The van der Waals surface area contributed by atoms with Crippen LogP contribution >= 0.6 is 24.0 Å². The van der Waals surface area contributed by atoms with Crippen molar-refractivity contribution in [2.24, 2.45) is 4.99 Å². The molecule has 0 aromatic carbocycles. The first-order chi connectivity index (χ1) is 11.4. The predicted octanol–water partition coefficient (Wildman–Crippen LogP) is 2.91. The highest BCUT2D eigenvalue weighted by Crippen LogP contribution is 2.20. The Morgan fingerprint density at radius 1 is 1.08 bits per heavy atom. The third-order valence-electron chi connectivity index (χ3n) is 5.72. The second kappa shape index (κ2) is 10.9. The first-order valence-electron chi connectivity index (χ1n) is 9.88. The third kappa shape index (κ3) is 7.21. The largest absolute Gasteiger partial charge is 0.355 e. The Morgan fingerprint density at radius 2 is 1.68 bits per heavy atom. The van der Waals surface area contributed by atoms with Gasteiger partial charge in [-0.1, -0.05) is 6.42 Å². The minimum Gasteiger partial charge on any atom is -0.355 e. The van der Waals surface area contributed by atoms with Crippen molar-refractivity contribution in [2.45, 2.75) is 77.4 Å². The molecule has 0 aromatic heterocycles. The molecule has 0 aliphatic carbocycles. The Balaban J connectivity index is 0.00000312. The minimum atomic E-state index is 0. The Morgan fingerprint density at radius 3 is 2.20 bits per heavy atom. The van der Waals surface area contributed by atoms with Gasteiger partial charge in [-0.05, 0) is 66.5 Å². The zero-order valence-electron chi connectivity index (χ0n) is 17.0. The summed E-state index contributed by atoms with van der Waals surface area (Å²) in [5.41, 5.74) is 0.180. The van der Waals surface area contributed by atoms with Gasteiger partial charge >= 0.3 is 0 Å². The molecule has 148 valence electrons. The number of likely N-dealkylation sites (tertiary alicyclic amines) is 2. The smallest absolute Gasteiger partial charge is 0.191 e. The number of hydrogen-bond donors (Lipinski definition) is 2. The highest BCUT2D eigenvalue weighted by molar-refractivity contribution is 14.0. The Hall–Kier alpha value is -0.0800. The molecule has 25 heavy (non-hydrogen) atoms. The summed E-state index contributed by atoms with van der Waals surface area (Å²) in [6.45, 7) is 15.0. The lowest BCUT2D eigenvalue weighted by molar-refractivity contribution is 0.0980. The molecule has 2 aliphatic heterocycles. The van der Waals surface area contributed by atoms with Gasteiger partial charge in [0.2, 0.25) is 0 Å². The van der Waals surface area contributed by atoms with Crippen molar-refractivity contribution < 1.29 is 0 Å². The molecule has 2 saturated heterocycles. The molecule has 2 aliphatic rings. The molecule has 0 amide bonds. The van der Waals surface area contributed by atoms with Gasteiger partial charge in [0.05, 0.1) is 0 Å².